The largest absolute Gasteiger partial charge is 0.508 e. The zero-order valence-electron chi connectivity index (χ0n) is 31.8. The van der Waals surface area contributed by atoms with Gasteiger partial charge in [-0.1, -0.05) is 60.1 Å². The van der Waals surface area contributed by atoms with Gasteiger partial charge in [-0.3, -0.25) is 4.79 Å². The number of carboxylic acid groups (broad SMARTS) is 1. The van der Waals surface area contributed by atoms with Gasteiger partial charge in [0, 0.05) is 5.41 Å². The van der Waals surface area contributed by atoms with E-state index in [-0.39, 0.29) is 50.9 Å². The molecule has 5 aliphatic carbocycles. The van der Waals surface area contributed by atoms with Gasteiger partial charge < -0.3 is 24.8 Å². The lowest BCUT2D eigenvalue weighted by Gasteiger charge is -2.70. The first kappa shape index (κ1) is 36.5. The molecule has 9 atom stereocenters. The molecule has 8 heteroatoms. The molecular formula is C44H56O8. The van der Waals surface area contributed by atoms with E-state index in [4.69, 9.17) is 9.47 Å². The first-order valence-corrected chi connectivity index (χ1v) is 19.2. The molecule has 0 amide bonds. The number of carbonyl (C=O) groups is 3. The zero-order chi connectivity index (χ0) is 37.6. The van der Waals surface area contributed by atoms with E-state index in [1.165, 1.54) is 54.1 Å². The molecule has 0 heterocycles. The average Bonchev–Trinajstić information content (AvgIpc) is 3.06. The van der Waals surface area contributed by atoms with Crippen LogP contribution in [0.3, 0.4) is 0 Å². The fourth-order valence-electron chi connectivity index (χ4n) is 12.9. The van der Waals surface area contributed by atoms with Gasteiger partial charge >= 0.3 is 17.9 Å². The van der Waals surface area contributed by atoms with Gasteiger partial charge in [0.05, 0.1) is 16.5 Å². The number of phenolic OH excluding ortho intramolecular Hbond substituents is 2. The van der Waals surface area contributed by atoms with Gasteiger partial charge in [0.25, 0.3) is 0 Å². The predicted octanol–water partition coefficient (Wildman–Crippen LogP) is 9.35. The Hall–Kier alpha value is -3.81. The Morgan fingerprint density at radius 1 is 0.654 bits per heavy atom. The Morgan fingerprint density at radius 3 is 1.73 bits per heavy atom. The van der Waals surface area contributed by atoms with Crippen LogP contribution in [0.4, 0.5) is 0 Å². The minimum absolute atomic E-state index is 0.0478. The standard InChI is InChI=1S/C44H56O8/c1-39(2)22-23-44(38(49)50)21-18-32-41(5)19-16-31-40(3,4)35(52-37(48)27-10-14-29(46)15-11-27)30(51-36(47)26-8-12-28(45)13-9-26)24-43(31,7)33(41)17-20-42(32,6)34(44)25-39/h8-15,18,30-31,33-35,45-46H,16-17,19-25H2,1-7H3,(H,49,50)/t30-,31+,33+,34+,35+,41+,42-,43+,44-/m1/s1. The molecule has 4 saturated carbocycles. The van der Waals surface area contributed by atoms with Crippen molar-refractivity contribution in [1.82, 2.24) is 0 Å². The minimum Gasteiger partial charge on any atom is -0.508 e. The van der Waals surface area contributed by atoms with Crippen molar-refractivity contribution in [3.05, 3.63) is 71.3 Å². The quantitative estimate of drug-likeness (QED) is 0.207. The number of allylic oxidation sites excluding steroid dienone is 2. The summed E-state index contributed by atoms with van der Waals surface area (Å²) in [6.45, 7) is 16.0. The van der Waals surface area contributed by atoms with E-state index in [1.54, 1.807) is 0 Å². The highest BCUT2D eigenvalue weighted by Gasteiger charge is 2.70. The summed E-state index contributed by atoms with van der Waals surface area (Å²) in [5.74, 6) is -1.16. The zero-order valence-corrected chi connectivity index (χ0v) is 31.8. The number of aliphatic carboxylic acids is 1. The third-order valence-electron chi connectivity index (χ3n) is 15.3. The van der Waals surface area contributed by atoms with Gasteiger partial charge in [-0.25, -0.2) is 9.59 Å². The van der Waals surface area contributed by atoms with Crippen LogP contribution < -0.4 is 0 Å². The summed E-state index contributed by atoms with van der Waals surface area (Å²) in [5, 5.41) is 30.5. The molecular weight excluding hydrogens is 656 g/mol. The van der Waals surface area contributed by atoms with E-state index >= 15 is 0 Å². The summed E-state index contributed by atoms with van der Waals surface area (Å²) < 4.78 is 12.8. The van der Waals surface area contributed by atoms with Gasteiger partial charge in [-0.05, 0) is 146 Å². The van der Waals surface area contributed by atoms with Crippen molar-refractivity contribution in [1.29, 1.82) is 0 Å². The van der Waals surface area contributed by atoms with Crippen LogP contribution in [-0.2, 0) is 14.3 Å². The van der Waals surface area contributed by atoms with Gasteiger partial charge in [-0.15, -0.1) is 0 Å². The summed E-state index contributed by atoms with van der Waals surface area (Å²) in [6.07, 6.45) is 8.20. The second kappa shape index (κ2) is 12.1. The van der Waals surface area contributed by atoms with Crippen molar-refractivity contribution in [3.8, 4) is 11.5 Å². The monoisotopic (exact) mass is 712 g/mol. The van der Waals surface area contributed by atoms with Crippen molar-refractivity contribution < 1.29 is 39.2 Å². The number of phenols is 2. The number of carbonyl (C=O) groups excluding carboxylic acids is 2. The third kappa shape index (κ3) is 5.48. The first-order valence-electron chi connectivity index (χ1n) is 19.2. The molecule has 0 saturated heterocycles. The molecule has 0 unspecified atom stereocenters. The molecule has 2 aromatic carbocycles. The predicted molar refractivity (Wildman–Crippen MR) is 197 cm³/mol. The molecule has 0 aliphatic heterocycles. The van der Waals surface area contributed by atoms with Gasteiger partial charge in [0.1, 0.15) is 23.7 Å². The molecule has 5 aliphatic rings. The summed E-state index contributed by atoms with van der Waals surface area (Å²) >= 11 is 0. The molecule has 0 aromatic heterocycles. The molecule has 8 nitrogen and oxygen atoms in total. The van der Waals surface area contributed by atoms with Crippen molar-refractivity contribution in [2.75, 3.05) is 0 Å². The normalized spacial score (nSPS) is 38.6. The van der Waals surface area contributed by atoms with Gasteiger partial charge in [0.2, 0.25) is 0 Å². The fraction of sp³-hybridized carbons (Fsp3) is 0.614. The molecule has 3 N–H and O–H groups in total. The fourth-order valence-corrected chi connectivity index (χ4v) is 12.9. The van der Waals surface area contributed by atoms with E-state index in [0.717, 1.165) is 38.5 Å². The van der Waals surface area contributed by atoms with Gasteiger partial charge in [0.15, 0.2) is 0 Å². The second-order valence-corrected chi connectivity index (χ2v) is 19.1. The molecule has 2 aromatic rings. The van der Waals surface area contributed by atoms with E-state index < -0.39 is 40.9 Å². The molecule has 52 heavy (non-hydrogen) atoms. The lowest BCUT2D eigenvalue weighted by Crippen LogP contribution is -2.67. The number of hydrogen-bond acceptors (Lipinski definition) is 7. The Labute approximate surface area is 308 Å². The SMILES string of the molecule is CC1(C)CC[C@]2(C(=O)O)CC=C3[C@]4(C)CC[C@H]5C(C)(C)[C@@H](OC(=O)c6ccc(O)cc6)[C@H](OC(=O)c6ccc(O)cc6)C[C@]5(C)[C@H]4CC[C@@]3(C)[C@@H]2C1. The maximum Gasteiger partial charge on any atom is 0.338 e. The van der Waals surface area contributed by atoms with E-state index in [0.29, 0.717) is 30.4 Å². The number of fused-ring (bicyclic) bond motifs is 7. The molecule has 4 fully saturated rings. The minimum atomic E-state index is -0.742. The number of hydrogen-bond donors (Lipinski definition) is 3. The molecule has 0 radical (unpaired) electrons. The molecule has 0 bridgehead atoms. The summed E-state index contributed by atoms with van der Waals surface area (Å²) in [5.41, 5.74) is 0.159. The van der Waals surface area contributed by atoms with Crippen LogP contribution in [-0.4, -0.2) is 45.4 Å². The van der Waals surface area contributed by atoms with Crippen LogP contribution in [0.25, 0.3) is 0 Å². The Bertz CT molecular complexity index is 1790. The van der Waals surface area contributed by atoms with Crippen LogP contribution in [0.2, 0.25) is 0 Å². The lowest BCUT2D eigenvalue weighted by atomic mass is 9.34. The van der Waals surface area contributed by atoms with Gasteiger partial charge in [-0.2, -0.15) is 0 Å². The van der Waals surface area contributed by atoms with Crippen LogP contribution in [0.15, 0.2) is 60.2 Å². The number of aromatic hydroxyl groups is 2. The van der Waals surface area contributed by atoms with Crippen LogP contribution in [0.5, 0.6) is 11.5 Å². The maximum atomic E-state index is 13.8. The highest BCUT2D eigenvalue weighted by Crippen LogP contribution is 2.75. The lowest BCUT2D eigenvalue weighted by molar-refractivity contribution is -0.219. The molecule has 280 valence electrons. The first-order chi connectivity index (χ1) is 24.3. The maximum absolute atomic E-state index is 13.8. The van der Waals surface area contributed by atoms with Crippen molar-refractivity contribution in [3.63, 3.8) is 0 Å². The third-order valence-corrected chi connectivity index (χ3v) is 15.3. The highest BCUT2D eigenvalue weighted by atomic mass is 16.6. The Balaban J connectivity index is 1.26. The molecule has 7 rings (SSSR count). The van der Waals surface area contributed by atoms with E-state index in [2.05, 4.69) is 54.5 Å². The van der Waals surface area contributed by atoms with E-state index in [1.807, 2.05) is 0 Å². The van der Waals surface area contributed by atoms with Crippen LogP contribution >= 0.6 is 0 Å². The smallest absolute Gasteiger partial charge is 0.338 e. The average molecular weight is 713 g/mol. The number of carboxylic acids is 1. The number of esters is 2. The highest BCUT2D eigenvalue weighted by molar-refractivity contribution is 5.90. The van der Waals surface area contributed by atoms with E-state index in [9.17, 15) is 29.7 Å². The molecule has 0 spiro atoms. The van der Waals surface area contributed by atoms with Crippen molar-refractivity contribution in [2.24, 2.45) is 50.2 Å². The van der Waals surface area contributed by atoms with Crippen molar-refractivity contribution in [2.45, 2.75) is 118 Å². The van der Waals surface area contributed by atoms with Crippen molar-refractivity contribution >= 4 is 17.9 Å². The number of benzene rings is 2. The second-order valence-electron chi connectivity index (χ2n) is 19.1. The van der Waals surface area contributed by atoms with Crippen LogP contribution in [0, 0.1) is 50.2 Å². The Morgan fingerprint density at radius 2 is 1.17 bits per heavy atom. The van der Waals surface area contributed by atoms with Crippen LogP contribution in [0.1, 0.15) is 127 Å². The summed E-state index contributed by atoms with van der Waals surface area (Å²) in [4.78, 5) is 40.6. The number of ether oxygens (including phenoxy) is 2. The Kier molecular flexibility index (Phi) is 8.51. The summed E-state index contributed by atoms with van der Waals surface area (Å²) in [6, 6.07) is 12.0. The number of rotatable bonds is 5. The summed E-state index contributed by atoms with van der Waals surface area (Å²) in [7, 11) is 0. The topological polar surface area (TPSA) is 130 Å².